The second kappa shape index (κ2) is 6.47. The molecule has 1 atom stereocenters. The number of benzene rings is 1. The maximum Gasteiger partial charge on any atom is 0.143 e. The van der Waals surface area contributed by atoms with Gasteiger partial charge in [-0.1, -0.05) is 0 Å². The molecule has 0 spiro atoms. The molecule has 5 nitrogen and oxygen atoms in total. The van der Waals surface area contributed by atoms with E-state index in [2.05, 4.69) is 5.32 Å². The van der Waals surface area contributed by atoms with Gasteiger partial charge in [-0.15, -0.1) is 0 Å². The van der Waals surface area contributed by atoms with Gasteiger partial charge < -0.3 is 25.6 Å². The van der Waals surface area contributed by atoms with Gasteiger partial charge in [0.2, 0.25) is 0 Å². The molecule has 0 saturated carbocycles. The van der Waals surface area contributed by atoms with Crippen LogP contribution in [-0.2, 0) is 4.74 Å². The Balaban J connectivity index is 2.57. The number of anilines is 2. The minimum atomic E-state index is -0.815. The largest absolute Gasteiger partial charge is 0.495 e. The van der Waals surface area contributed by atoms with E-state index in [-0.39, 0.29) is 0 Å². The molecule has 4 N–H and O–H groups in total. The number of nitrogens with one attached hydrogen (secondary N) is 1. The zero-order valence-electron chi connectivity index (χ0n) is 11.2. The summed E-state index contributed by atoms with van der Waals surface area (Å²) in [7, 11) is 3.19. The van der Waals surface area contributed by atoms with E-state index in [4.69, 9.17) is 15.2 Å². The van der Waals surface area contributed by atoms with E-state index in [1.165, 1.54) is 0 Å². The maximum absolute atomic E-state index is 10.1. The molecule has 0 fully saturated rings. The van der Waals surface area contributed by atoms with Crippen molar-refractivity contribution in [2.75, 3.05) is 38.4 Å². The number of nitrogens with two attached hydrogens (primary N) is 1. The van der Waals surface area contributed by atoms with Gasteiger partial charge in [-0.05, 0) is 19.1 Å². The van der Waals surface area contributed by atoms with Crippen molar-refractivity contribution in [1.82, 2.24) is 0 Å². The lowest BCUT2D eigenvalue weighted by atomic mass is 10.0. The zero-order valence-corrected chi connectivity index (χ0v) is 11.2. The molecule has 0 aliphatic heterocycles. The minimum Gasteiger partial charge on any atom is -0.495 e. The Morgan fingerprint density at radius 1 is 1.39 bits per heavy atom. The molecule has 1 aromatic carbocycles. The lowest BCUT2D eigenvalue weighted by Crippen LogP contribution is -2.34. The molecule has 0 heterocycles. The van der Waals surface area contributed by atoms with Crippen LogP contribution in [0, 0.1) is 0 Å². The smallest absolute Gasteiger partial charge is 0.143 e. The Morgan fingerprint density at radius 2 is 2.11 bits per heavy atom. The van der Waals surface area contributed by atoms with E-state index in [1.54, 1.807) is 27.2 Å². The Morgan fingerprint density at radius 3 is 2.72 bits per heavy atom. The Labute approximate surface area is 108 Å². The van der Waals surface area contributed by atoms with Crippen LogP contribution in [0.4, 0.5) is 11.4 Å². The lowest BCUT2D eigenvalue weighted by Gasteiger charge is -2.24. The Hall–Kier alpha value is -1.46. The third-order valence-corrected chi connectivity index (χ3v) is 2.75. The van der Waals surface area contributed by atoms with Gasteiger partial charge in [0.1, 0.15) is 5.75 Å². The van der Waals surface area contributed by atoms with Gasteiger partial charge in [0.25, 0.3) is 0 Å². The second-order valence-corrected chi connectivity index (χ2v) is 4.55. The standard InChI is InChI=1S/C13H22N2O3/c1-13(16,6-7-17-2)9-15-10-4-5-11(14)12(8-10)18-3/h4-5,8,15-16H,6-7,9,14H2,1-3H3. The number of nitrogen functional groups attached to an aromatic ring is 1. The number of hydrogen-bond acceptors (Lipinski definition) is 5. The molecule has 0 radical (unpaired) electrons. The molecule has 0 aromatic heterocycles. The van der Waals surface area contributed by atoms with Crippen LogP contribution in [-0.4, -0.2) is 38.1 Å². The van der Waals surface area contributed by atoms with Gasteiger partial charge >= 0.3 is 0 Å². The number of ether oxygens (including phenoxy) is 2. The summed E-state index contributed by atoms with van der Waals surface area (Å²) in [6, 6.07) is 5.43. The second-order valence-electron chi connectivity index (χ2n) is 4.55. The number of aliphatic hydroxyl groups is 1. The van der Waals surface area contributed by atoms with Crippen molar-refractivity contribution < 1.29 is 14.6 Å². The van der Waals surface area contributed by atoms with Crippen LogP contribution < -0.4 is 15.8 Å². The fourth-order valence-electron chi connectivity index (χ4n) is 1.52. The molecule has 0 saturated heterocycles. The van der Waals surface area contributed by atoms with Crippen LogP contribution in [0.25, 0.3) is 0 Å². The van der Waals surface area contributed by atoms with Crippen molar-refractivity contribution in [3.05, 3.63) is 18.2 Å². The lowest BCUT2D eigenvalue weighted by molar-refractivity contribution is 0.0357. The van der Waals surface area contributed by atoms with Crippen LogP contribution in [0.15, 0.2) is 18.2 Å². The molecule has 0 amide bonds. The summed E-state index contributed by atoms with van der Waals surface area (Å²) in [5.41, 5.74) is 6.37. The third-order valence-electron chi connectivity index (χ3n) is 2.75. The molecule has 1 unspecified atom stereocenters. The first-order valence-electron chi connectivity index (χ1n) is 5.87. The van der Waals surface area contributed by atoms with Crippen molar-refractivity contribution >= 4 is 11.4 Å². The number of hydrogen-bond donors (Lipinski definition) is 3. The van der Waals surface area contributed by atoms with Gasteiger partial charge in [-0.25, -0.2) is 0 Å². The molecule has 18 heavy (non-hydrogen) atoms. The number of rotatable bonds is 7. The van der Waals surface area contributed by atoms with E-state index in [0.29, 0.717) is 31.0 Å². The molecule has 0 aliphatic carbocycles. The van der Waals surface area contributed by atoms with Crippen molar-refractivity contribution in [2.24, 2.45) is 0 Å². The molecule has 102 valence electrons. The first kappa shape index (κ1) is 14.6. The monoisotopic (exact) mass is 254 g/mol. The molecule has 0 aliphatic rings. The van der Waals surface area contributed by atoms with Crippen molar-refractivity contribution in [2.45, 2.75) is 18.9 Å². The SMILES string of the molecule is COCCC(C)(O)CNc1ccc(N)c(OC)c1. The average molecular weight is 254 g/mol. The summed E-state index contributed by atoms with van der Waals surface area (Å²) in [5, 5.41) is 13.2. The van der Waals surface area contributed by atoms with Crippen molar-refractivity contribution in [3.63, 3.8) is 0 Å². The van der Waals surface area contributed by atoms with Gasteiger partial charge in [-0.3, -0.25) is 0 Å². The maximum atomic E-state index is 10.1. The highest BCUT2D eigenvalue weighted by Crippen LogP contribution is 2.25. The van der Waals surface area contributed by atoms with E-state index in [9.17, 15) is 5.11 Å². The van der Waals surface area contributed by atoms with Crippen molar-refractivity contribution in [1.29, 1.82) is 0 Å². The highest BCUT2D eigenvalue weighted by atomic mass is 16.5. The number of methoxy groups -OCH3 is 2. The molecular weight excluding hydrogens is 232 g/mol. The van der Waals surface area contributed by atoms with Gasteiger partial charge in [0.05, 0.1) is 18.4 Å². The third kappa shape index (κ3) is 4.43. The quantitative estimate of drug-likeness (QED) is 0.642. The Kier molecular flexibility index (Phi) is 5.25. The van der Waals surface area contributed by atoms with Crippen molar-refractivity contribution in [3.8, 4) is 5.75 Å². The summed E-state index contributed by atoms with van der Waals surface area (Å²) in [5.74, 6) is 0.622. The van der Waals surface area contributed by atoms with E-state index >= 15 is 0 Å². The zero-order chi connectivity index (χ0) is 13.6. The molecule has 1 rings (SSSR count). The van der Waals surface area contributed by atoms with Gasteiger partial charge in [-0.2, -0.15) is 0 Å². The summed E-state index contributed by atoms with van der Waals surface area (Å²) in [6.45, 7) is 2.73. The van der Waals surface area contributed by atoms with Gasteiger partial charge in [0.15, 0.2) is 0 Å². The van der Waals surface area contributed by atoms with E-state index < -0.39 is 5.60 Å². The first-order chi connectivity index (χ1) is 8.48. The van der Waals surface area contributed by atoms with Crippen LogP contribution in [0.3, 0.4) is 0 Å². The Bertz CT molecular complexity index is 380. The highest BCUT2D eigenvalue weighted by molar-refractivity contribution is 5.61. The highest BCUT2D eigenvalue weighted by Gasteiger charge is 2.19. The predicted octanol–water partition coefficient (Wildman–Crippen LogP) is 1.48. The molecule has 1 aromatic rings. The molecular formula is C13H22N2O3. The summed E-state index contributed by atoms with van der Waals surface area (Å²) in [4.78, 5) is 0. The van der Waals surface area contributed by atoms with Crippen LogP contribution in [0.5, 0.6) is 5.75 Å². The first-order valence-corrected chi connectivity index (χ1v) is 5.87. The van der Waals surface area contributed by atoms with E-state index in [1.807, 2.05) is 12.1 Å². The summed E-state index contributed by atoms with van der Waals surface area (Å²) >= 11 is 0. The average Bonchev–Trinajstić information content (AvgIpc) is 2.35. The topological polar surface area (TPSA) is 76.7 Å². The summed E-state index contributed by atoms with van der Waals surface area (Å²) < 4.78 is 10.1. The van der Waals surface area contributed by atoms with Crippen LogP contribution in [0.2, 0.25) is 0 Å². The predicted molar refractivity (Wildman–Crippen MR) is 73.0 cm³/mol. The fraction of sp³-hybridized carbons (Fsp3) is 0.538. The fourth-order valence-corrected chi connectivity index (χ4v) is 1.52. The van der Waals surface area contributed by atoms with Gasteiger partial charge in [0, 0.05) is 38.4 Å². The minimum absolute atomic E-state index is 0.434. The van der Waals surface area contributed by atoms with Crippen LogP contribution >= 0.6 is 0 Å². The summed E-state index contributed by atoms with van der Waals surface area (Å²) in [6.07, 6.45) is 0.572. The molecule has 5 heteroatoms. The van der Waals surface area contributed by atoms with E-state index in [0.717, 1.165) is 5.69 Å². The normalized spacial score (nSPS) is 14.0. The molecule has 0 bridgehead atoms. The van der Waals surface area contributed by atoms with Crippen LogP contribution in [0.1, 0.15) is 13.3 Å².